The lowest BCUT2D eigenvalue weighted by atomic mass is 9.96. The van der Waals surface area contributed by atoms with Crippen molar-refractivity contribution in [1.29, 1.82) is 0 Å². The maximum Gasteiger partial charge on any atom is 0.252 e. The Morgan fingerprint density at radius 2 is 2.05 bits per heavy atom. The van der Waals surface area contributed by atoms with Crippen molar-refractivity contribution in [3.8, 4) is 0 Å². The quantitative estimate of drug-likeness (QED) is 0.718. The maximum atomic E-state index is 14.0. The number of carbonyl (C=O) groups excluding carboxylic acids is 1. The number of primary amides is 1. The molecule has 0 saturated heterocycles. The normalized spacial score (nSPS) is 16.0. The minimum Gasteiger partial charge on any atom is -0.387 e. The van der Waals surface area contributed by atoms with E-state index in [9.17, 15) is 18.7 Å². The summed E-state index contributed by atoms with van der Waals surface area (Å²) in [7, 11) is 0. The van der Waals surface area contributed by atoms with Crippen LogP contribution in [-0.4, -0.2) is 40.0 Å². The van der Waals surface area contributed by atoms with Crippen LogP contribution in [0.25, 0.3) is 0 Å². The van der Waals surface area contributed by atoms with Gasteiger partial charge in [-0.15, -0.1) is 0 Å². The first-order chi connectivity index (χ1) is 10.0. The summed E-state index contributed by atoms with van der Waals surface area (Å²) in [5, 5.41) is 12.5. The van der Waals surface area contributed by atoms with E-state index in [1.54, 1.807) is 6.92 Å². The molecule has 1 amide bonds. The lowest BCUT2D eigenvalue weighted by Crippen LogP contribution is -2.35. The number of halogens is 2. The van der Waals surface area contributed by atoms with E-state index in [0.717, 1.165) is 0 Å². The second-order valence-corrected chi connectivity index (χ2v) is 5.98. The number of anilines is 1. The minimum absolute atomic E-state index is 0.0156. The van der Waals surface area contributed by atoms with E-state index in [4.69, 9.17) is 5.73 Å². The molecule has 7 heteroatoms. The molecule has 0 fully saturated rings. The zero-order valence-corrected chi connectivity index (χ0v) is 13.2. The van der Waals surface area contributed by atoms with E-state index >= 15 is 0 Å². The molecule has 0 bridgehead atoms. The largest absolute Gasteiger partial charge is 0.387 e. The van der Waals surface area contributed by atoms with Crippen LogP contribution in [0.2, 0.25) is 0 Å². The van der Waals surface area contributed by atoms with Crippen molar-refractivity contribution >= 4 is 11.6 Å². The van der Waals surface area contributed by atoms with Gasteiger partial charge in [0.25, 0.3) is 5.91 Å². The molecule has 1 unspecified atom stereocenters. The van der Waals surface area contributed by atoms with Crippen LogP contribution in [0.15, 0.2) is 12.3 Å². The SMILES string of the molecule is CC(F)[C@H](C)Nc1ccnc(C[C@@H](F)C(C)(C)O)c1C(N)=O. The molecule has 0 aliphatic heterocycles. The van der Waals surface area contributed by atoms with Gasteiger partial charge in [0.1, 0.15) is 12.3 Å². The van der Waals surface area contributed by atoms with Gasteiger partial charge < -0.3 is 16.2 Å². The number of aromatic nitrogens is 1. The summed E-state index contributed by atoms with van der Waals surface area (Å²) < 4.78 is 27.3. The Balaban J connectivity index is 3.16. The van der Waals surface area contributed by atoms with Crippen molar-refractivity contribution in [3.05, 3.63) is 23.5 Å². The number of carbonyl (C=O) groups is 1. The van der Waals surface area contributed by atoms with Crippen molar-refractivity contribution < 1.29 is 18.7 Å². The second kappa shape index (κ2) is 7.00. The Morgan fingerprint density at radius 3 is 2.50 bits per heavy atom. The van der Waals surface area contributed by atoms with Gasteiger partial charge in [0, 0.05) is 12.6 Å². The van der Waals surface area contributed by atoms with Crippen LogP contribution in [0.4, 0.5) is 14.5 Å². The van der Waals surface area contributed by atoms with Gasteiger partial charge in [0.15, 0.2) is 0 Å². The van der Waals surface area contributed by atoms with Crippen molar-refractivity contribution in [2.24, 2.45) is 5.73 Å². The van der Waals surface area contributed by atoms with Gasteiger partial charge in [0.05, 0.1) is 28.6 Å². The number of aliphatic hydroxyl groups is 1. The van der Waals surface area contributed by atoms with Crippen LogP contribution in [0.5, 0.6) is 0 Å². The van der Waals surface area contributed by atoms with Gasteiger partial charge in [-0.1, -0.05) is 0 Å². The van der Waals surface area contributed by atoms with Gasteiger partial charge in [-0.2, -0.15) is 0 Å². The van der Waals surface area contributed by atoms with Gasteiger partial charge in [-0.25, -0.2) is 8.78 Å². The first-order valence-electron chi connectivity index (χ1n) is 7.08. The maximum absolute atomic E-state index is 14.0. The molecule has 5 nitrogen and oxygen atoms in total. The summed E-state index contributed by atoms with van der Waals surface area (Å²) in [5.41, 5.74) is 4.23. The van der Waals surface area contributed by atoms with E-state index in [2.05, 4.69) is 10.3 Å². The van der Waals surface area contributed by atoms with Crippen molar-refractivity contribution in [2.75, 3.05) is 5.32 Å². The highest BCUT2D eigenvalue weighted by atomic mass is 19.1. The smallest absolute Gasteiger partial charge is 0.252 e. The van der Waals surface area contributed by atoms with E-state index in [0.29, 0.717) is 5.69 Å². The number of hydrogen-bond acceptors (Lipinski definition) is 4. The molecule has 4 N–H and O–H groups in total. The van der Waals surface area contributed by atoms with Gasteiger partial charge >= 0.3 is 0 Å². The number of amides is 1. The third kappa shape index (κ3) is 4.62. The van der Waals surface area contributed by atoms with E-state index in [-0.39, 0.29) is 17.7 Å². The standard InChI is InChI=1S/C15H23F2N3O2/c1-8(16)9(2)20-10-5-6-19-11(13(10)14(18)21)7-12(17)15(3,4)22/h5-6,8-9,12,22H,7H2,1-4H3,(H2,18,21)(H,19,20)/t8?,9-,12+/m0/s1. The number of pyridine rings is 1. The second-order valence-electron chi connectivity index (χ2n) is 5.98. The average molecular weight is 315 g/mol. The van der Waals surface area contributed by atoms with Gasteiger partial charge in [-0.05, 0) is 33.8 Å². The molecule has 0 spiro atoms. The Labute approximate surface area is 128 Å². The van der Waals surface area contributed by atoms with Crippen molar-refractivity contribution in [2.45, 2.75) is 58.1 Å². The molecule has 0 aliphatic rings. The number of hydrogen-bond donors (Lipinski definition) is 3. The first kappa shape index (κ1) is 18.3. The molecule has 1 aromatic heterocycles. The lowest BCUT2D eigenvalue weighted by Gasteiger charge is -2.24. The predicted molar refractivity (Wildman–Crippen MR) is 81.3 cm³/mol. The fraction of sp³-hybridized carbons (Fsp3) is 0.600. The van der Waals surface area contributed by atoms with Crippen LogP contribution < -0.4 is 11.1 Å². The number of nitrogens with two attached hydrogens (primary N) is 1. The molecular weight excluding hydrogens is 292 g/mol. The lowest BCUT2D eigenvalue weighted by molar-refractivity contribution is -0.00307. The number of nitrogens with zero attached hydrogens (tertiary/aromatic N) is 1. The zero-order valence-electron chi connectivity index (χ0n) is 13.2. The zero-order chi connectivity index (χ0) is 17.1. The number of alkyl halides is 2. The highest BCUT2D eigenvalue weighted by molar-refractivity contribution is 5.99. The highest BCUT2D eigenvalue weighted by Gasteiger charge is 2.29. The topological polar surface area (TPSA) is 88.2 Å². The summed E-state index contributed by atoms with van der Waals surface area (Å²) in [6.45, 7) is 5.66. The van der Waals surface area contributed by atoms with Crippen LogP contribution in [0.1, 0.15) is 43.7 Å². The van der Waals surface area contributed by atoms with Crippen LogP contribution in [-0.2, 0) is 6.42 Å². The fourth-order valence-corrected chi connectivity index (χ4v) is 1.83. The van der Waals surface area contributed by atoms with Crippen molar-refractivity contribution in [1.82, 2.24) is 4.98 Å². The van der Waals surface area contributed by atoms with Crippen molar-refractivity contribution in [3.63, 3.8) is 0 Å². The number of rotatable bonds is 7. The third-order valence-electron chi connectivity index (χ3n) is 3.49. The predicted octanol–water partition coefficient (Wildman–Crippen LogP) is 1.99. The Morgan fingerprint density at radius 1 is 1.45 bits per heavy atom. The molecule has 0 aromatic carbocycles. The van der Waals surface area contributed by atoms with E-state index in [1.807, 2.05) is 0 Å². The summed E-state index contributed by atoms with van der Waals surface area (Å²) in [5.74, 6) is -0.785. The molecule has 0 aliphatic carbocycles. The Kier molecular flexibility index (Phi) is 5.82. The molecule has 0 saturated carbocycles. The highest BCUT2D eigenvalue weighted by Crippen LogP contribution is 2.24. The van der Waals surface area contributed by atoms with Crippen LogP contribution in [0.3, 0.4) is 0 Å². The summed E-state index contributed by atoms with van der Waals surface area (Å²) in [4.78, 5) is 15.7. The summed E-state index contributed by atoms with van der Waals surface area (Å²) >= 11 is 0. The molecule has 1 heterocycles. The molecule has 124 valence electrons. The summed E-state index contributed by atoms with van der Waals surface area (Å²) in [6, 6.07) is 0.934. The molecule has 1 aromatic rings. The average Bonchev–Trinajstić information content (AvgIpc) is 2.37. The fourth-order valence-electron chi connectivity index (χ4n) is 1.83. The van der Waals surface area contributed by atoms with Crippen LogP contribution >= 0.6 is 0 Å². The number of nitrogens with one attached hydrogen (secondary N) is 1. The molecule has 3 atom stereocenters. The van der Waals surface area contributed by atoms with E-state index < -0.39 is 29.9 Å². The third-order valence-corrected chi connectivity index (χ3v) is 3.49. The molecular formula is C15H23F2N3O2. The minimum atomic E-state index is -1.62. The summed E-state index contributed by atoms with van der Waals surface area (Å²) in [6.07, 6.45) is -1.65. The molecule has 0 radical (unpaired) electrons. The van der Waals surface area contributed by atoms with E-state index in [1.165, 1.54) is 33.0 Å². The molecule has 22 heavy (non-hydrogen) atoms. The first-order valence-corrected chi connectivity index (χ1v) is 7.08. The van der Waals surface area contributed by atoms with Crippen LogP contribution in [0, 0.1) is 0 Å². The Bertz CT molecular complexity index is 530. The molecule has 1 rings (SSSR count). The van der Waals surface area contributed by atoms with Gasteiger partial charge in [0.2, 0.25) is 0 Å². The van der Waals surface area contributed by atoms with Gasteiger partial charge in [-0.3, -0.25) is 9.78 Å². The monoisotopic (exact) mass is 315 g/mol. The Hall–Kier alpha value is -1.76.